The molecular weight excluding hydrogens is 340 g/mol. The monoisotopic (exact) mass is 358 g/mol. The first-order valence-corrected chi connectivity index (χ1v) is 9.51. The van der Waals surface area contributed by atoms with E-state index in [-0.39, 0.29) is 5.91 Å². The number of anilines is 1. The van der Waals surface area contributed by atoms with Crippen LogP contribution in [0.5, 0.6) is 0 Å². The molecule has 0 saturated carbocycles. The summed E-state index contributed by atoms with van der Waals surface area (Å²) < 4.78 is 5.39. The highest BCUT2D eigenvalue weighted by molar-refractivity contribution is 7.98. The number of furan rings is 1. The Labute approximate surface area is 149 Å². The molecule has 0 aliphatic carbocycles. The lowest BCUT2D eigenvalue weighted by Gasteiger charge is -2.03. The second kappa shape index (κ2) is 7.68. The number of carbonyl (C=O) groups excluding carboxylic acids is 1. The number of benzene rings is 1. The van der Waals surface area contributed by atoms with E-state index in [1.165, 1.54) is 11.3 Å². The molecule has 0 atom stereocenters. The lowest BCUT2D eigenvalue weighted by molar-refractivity contribution is 0.0995. The van der Waals surface area contributed by atoms with Gasteiger partial charge in [-0.15, -0.1) is 23.1 Å². The molecule has 1 N–H and O–H groups in total. The van der Waals surface area contributed by atoms with Gasteiger partial charge in [-0.05, 0) is 24.1 Å². The zero-order chi connectivity index (χ0) is 16.9. The number of aromatic nitrogens is 1. The maximum Gasteiger partial charge on any atom is 0.293 e. The number of hydrogen-bond acceptors (Lipinski definition) is 5. The Bertz CT molecular complexity index is 809. The minimum atomic E-state index is -0.256. The Morgan fingerprint density at radius 2 is 2.08 bits per heavy atom. The van der Waals surface area contributed by atoms with Gasteiger partial charge >= 0.3 is 0 Å². The normalized spacial score (nSPS) is 11.0. The summed E-state index contributed by atoms with van der Waals surface area (Å²) in [6.45, 7) is 4.15. The standard InChI is InChI=1S/C18H18N2O2S2/c1-12(2)15-11-24-18(19-15)20-17(21)16-13(8-9-22-16)10-23-14-6-4-3-5-7-14/h3-9,11-12H,10H2,1-2H3,(H,19,20,21). The van der Waals surface area contributed by atoms with Gasteiger partial charge in [0.2, 0.25) is 0 Å². The SMILES string of the molecule is CC(C)c1csc(NC(=O)c2occc2CSc2ccccc2)n1. The third-order valence-electron chi connectivity index (χ3n) is 3.42. The second-order valence-electron chi connectivity index (χ2n) is 5.56. The largest absolute Gasteiger partial charge is 0.459 e. The van der Waals surface area contributed by atoms with Gasteiger partial charge in [0.05, 0.1) is 12.0 Å². The molecule has 6 heteroatoms. The molecule has 4 nitrogen and oxygen atoms in total. The first-order valence-electron chi connectivity index (χ1n) is 7.64. The van der Waals surface area contributed by atoms with Crippen molar-refractivity contribution in [2.75, 3.05) is 5.32 Å². The molecule has 0 fully saturated rings. The van der Waals surface area contributed by atoms with Gasteiger partial charge in [-0.25, -0.2) is 4.98 Å². The minimum absolute atomic E-state index is 0.256. The fourth-order valence-electron chi connectivity index (χ4n) is 2.09. The summed E-state index contributed by atoms with van der Waals surface area (Å²) in [5.74, 6) is 1.11. The van der Waals surface area contributed by atoms with Crippen LogP contribution in [0.25, 0.3) is 0 Å². The first kappa shape index (κ1) is 16.8. The zero-order valence-electron chi connectivity index (χ0n) is 13.5. The van der Waals surface area contributed by atoms with Crippen LogP contribution in [0.3, 0.4) is 0 Å². The summed E-state index contributed by atoms with van der Waals surface area (Å²) in [4.78, 5) is 18.0. The third-order valence-corrected chi connectivity index (χ3v) is 5.26. The van der Waals surface area contributed by atoms with Crippen molar-refractivity contribution in [2.45, 2.75) is 30.4 Å². The van der Waals surface area contributed by atoms with Gasteiger partial charge in [-0.3, -0.25) is 10.1 Å². The fraction of sp³-hybridized carbons (Fsp3) is 0.222. The van der Waals surface area contributed by atoms with Crippen LogP contribution < -0.4 is 5.32 Å². The Morgan fingerprint density at radius 3 is 2.79 bits per heavy atom. The van der Waals surface area contributed by atoms with Gasteiger partial charge in [0.15, 0.2) is 10.9 Å². The molecule has 2 aromatic heterocycles. The van der Waals surface area contributed by atoms with Crippen LogP contribution in [0.15, 0.2) is 57.4 Å². The average Bonchev–Trinajstić information content (AvgIpc) is 3.23. The van der Waals surface area contributed by atoms with Gasteiger partial charge in [-0.1, -0.05) is 32.0 Å². The maximum atomic E-state index is 12.4. The van der Waals surface area contributed by atoms with E-state index in [1.54, 1.807) is 18.0 Å². The van der Waals surface area contributed by atoms with Crippen molar-refractivity contribution in [3.63, 3.8) is 0 Å². The zero-order valence-corrected chi connectivity index (χ0v) is 15.1. The number of nitrogens with one attached hydrogen (secondary N) is 1. The van der Waals surface area contributed by atoms with Crippen molar-refractivity contribution < 1.29 is 9.21 Å². The van der Waals surface area contributed by atoms with Gasteiger partial charge in [0.1, 0.15) is 0 Å². The first-order chi connectivity index (χ1) is 11.6. The number of hydrogen-bond donors (Lipinski definition) is 1. The summed E-state index contributed by atoms with van der Waals surface area (Å²) in [6, 6.07) is 11.9. The van der Waals surface area contributed by atoms with Crippen molar-refractivity contribution >= 4 is 34.1 Å². The van der Waals surface area contributed by atoms with Crippen molar-refractivity contribution in [3.8, 4) is 0 Å². The van der Waals surface area contributed by atoms with E-state index in [0.29, 0.717) is 22.6 Å². The number of nitrogens with zero attached hydrogens (tertiary/aromatic N) is 1. The quantitative estimate of drug-likeness (QED) is 0.599. The van der Waals surface area contributed by atoms with E-state index in [9.17, 15) is 4.79 Å². The van der Waals surface area contributed by atoms with Crippen LogP contribution >= 0.6 is 23.1 Å². The van der Waals surface area contributed by atoms with E-state index in [4.69, 9.17) is 4.42 Å². The molecule has 2 heterocycles. The molecule has 0 radical (unpaired) electrons. The van der Waals surface area contributed by atoms with Crippen LogP contribution in [-0.4, -0.2) is 10.9 Å². The van der Waals surface area contributed by atoms with E-state index >= 15 is 0 Å². The van der Waals surface area contributed by atoms with E-state index in [1.807, 2.05) is 41.8 Å². The molecule has 0 spiro atoms. The molecule has 0 unspecified atom stereocenters. The molecule has 1 amide bonds. The van der Waals surface area contributed by atoms with Crippen LogP contribution in [-0.2, 0) is 5.75 Å². The molecule has 0 bridgehead atoms. The molecule has 3 rings (SSSR count). The predicted molar refractivity (Wildman–Crippen MR) is 98.9 cm³/mol. The summed E-state index contributed by atoms with van der Waals surface area (Å²) in [5, 5.41) is 5.39. The van der Waals surface area contributed by atoms with E-state index < -0.39 is 0 Å². The number of rotatable bonds is 6. The van der Waals surface area contributed by atoms with Crippen molar-refractivity contribution in [1.82, 2.24) is 4.98 Å². The summed E-state index contributed by atoms with van der Waals surface area (Å²) in [6.07, 6.45) is 1.55. The van der Waals surface area contributed by atoms with Crippen LogP contribution in [0.2, 0.25) is 0 Å². The molecule has 0 saturated heterocycles. The molecule has 3 aromatic rings. The van der Waals surface area contributed by atoms with Gasteiger partial charge in [0.25, 0.3) is 5.91 Å². The van der Waals surface area contributed by atoms with Gasteiger partial charge in [-0.2, -0.15) is 0 Å². The highest BCUT2D eigenvalue weighted by Crippen LogP contribution is 2.26. The highest BCUT2D eigenvalue weighted by Gasteiger charge is 2.17. The van der Waals surface area contributed by atoms with Crippen LogP contribution in [0.4, 0.5) is 5.13 Å². The summed E-state index contributed by atoms with van der Waals surface area (Å²) in [7, 11) is 0. The third kappa shape index (κ3) is 4.07. The number of carbonyl (C=O) groups is 1. The second-order valence-corrected chi connectivity index (χ2v) is 7.47. The molecule has 0 aliphatic heterocycles. The van der Waals surface area contributed by atoms with Crippen molar-refractivity contribution in [2.24, 2.45) is 0 Å². The molecule has 0 aliphatic rings. The highest BCUT2D eigenvalue weighted by atomic mass is 32.2. The Hall–Kier alpha value is -2.05. The Balaban J connectivity index is 1.66. The predicted octanol–water partition coefficient (Wildman–Crippen LogP) is 5.40. The topological polar surface area (TPSA) is 55.1 Å². The van der Waals surface area contributed by atoms with Crippen LogP contribution in [0.1, 0.15) is 41.6 Å². The number of amides is 1. The van der Waals surface area contributed by atoms with E-state index in [2.05, 4.69) is 24.1 Å². The van der Waals surface area contributed by atoms with E-state index in [0.717, 1.165) is 16.2 Å². The molecule has 124 valence electrons. The van der Waals surface area contributed by atoms with Gasteiger partial charge < -0.3 is 4.42 Å². The smallest absolute Gasteiger partial charge is 0.293 e. The molecular formula is C18H18N2O2S2. The average molecular weight is 358 g/mol. The Morgan fingerprint density at radius 1 is 1.29 bits per heavy atom. The minimum Gasteiger partial charge on any atom is -0.459 e. The fourth-order valence-corrected chi connectivity index (χ4v) is 3.86. The maximum absolute atomic E-state index is 12.4. The number of thioether (sulfide) groups is 1. The molecule has 1 aromatic carbocycles. The van der Waals surface area contributed by atoms with Crippen molar-refractivity contribution in [1.29, 1.82) is 0 Å². The molecule has 24 heavy (non-hydrogen) atoms. The lowest BCUT2D eigenvalue weighted by Crippen LogP contribution is -2.12. The lowest BCUT2D eigenvalue weighted by atomic mass is 10.2. The summed E-state index contributed by atoms with van der Waals surface area (Å²) in [5.41, 5.74) is 1.86. The van der Waals surface area contributed by atoms with Crippen LogP contribution in [0, 0.1) is 0 Å². The Kier molecular flexibility index (Phi) is 5.37. The number of thiazole rings is 1. The van der Waals surface area contributed by atoms with Crippen molar-refractivity contribution in [3.05, 3.63) is 65.1 Å². The summed E-state index contributed by atoms with van der Waals surface area (Å²) >= 11 is 3.10. The van der Waals surface area contributed by atoms with Gasteiger partial charge in [0, 0.05) is 21.6 Å².